The van der Waals surface area contributed by atoms with Crippen molar-refractivity contribution >= 4 is 29.1 Å². The van der Waals surface area contributed by atoms with E-state index in [1.807, 2.05) is 62.4 Å². The van der Waals surface area contributed by atoms with E-state index in [0.717, 1.165) is 39.3 Å². The van der Waals surface area contributed by atoms with Crippen LogP contribution < -0.4 is 16.0 Å². The van der Waals surface area contributed by atoms with Gasteiger partial charge in [-0.1, -0.05) is 48.5 Å². The first-order valence-corrected chi connectivity index (χ1v) is 12.2. The number of nitrogens with one attached hydrogen (secondary N) is 3. The number of carbonyl (C=O) groups excluding carboxylic acids is 2. The van der Waals surface area contributed by atoms with Crippen LogP contribution in [0.15, 0.2) is 84.9 Å². The maximum atomic E-state index is 12.8. The van der Waals surface area contributed by atoms with Gasteiger partial charge in [0.05, 0.1) is 23.8 Å². The van der Waals surface area contributed by atoms with Crippen molar-refractivity contribution < 1.29 is 14.3 Å². The summed E-state index contributed by atoms with van der Waals surface area (Å²) in [5, 5.41) is 9.18. The zero-order valence-electron chi connectivity index (χ0n) is 20.7. The predicted molar refractivity (Wildman–Crippen MR) is 145 cm³/mol. The first-order chi connectivity index (χ1) is 17.9. The SMILES string of the molecule is Cc1cc(-c2cccc([C@@H]3CC(=O)Nc4cc(NC(=O)OCc5ccccc5)ccc4N3)c2)cc(C)n1. The van der Waals surface area contributed by atoms with Crippen LogP contribution >= 0.6 is 0 Å². The van der Waals surface area contributed by atoms with Gasteiger partial charge in [0, 0.05) is 17.1 Å². The summed E-state index contributed by atoms with van der Waals surface area (Å²) in [6.07, 6.45) is -0.290. The molecule has 0 bridgehead atoms. The third kappa shape index (κ3) is 5.95. The van der Waals surface area contributed by atoms with Gasteiger partial charge in [-0.25, -0.2) is 4.79 Å². The van der Waals surface area contributed by atoms with Crippen LogP contribution in [0.4, 0.5) is 21.9 Å². The summed E-state index contributed by atoms with van der Waals surface area (Å²) >= 11 is 0. The summed E-state index contributed by atoms with van der Waals surface area (Å²) in [4.78, 5) is 29.5. The molecule has 4 aromatic rings. The molecule has 3 aromatic carbocycles. The summed E-state index contributed by atoms with van der Waals surface area (Å²) in [6.45, 7) is 4.15. The van der Waals surface area contributed by atoms with Gasteiger partial charge in [-0.15, -0.1) is 0 Å². The lowest BCUT2D eigenvalue weighted by atomic mass is 9.97. The van der Waals surface area contributed by atoms with E-state index in [2.05, 4.69) is 45.2 Å². The standard InChI is InChI=1S/C30H28N4O3/c1-19-13-24(14-20(2)31-19)22-9-6-10-23(15-22)27-17-29(35)34-28-16-25(11-12-26(28)33-27)32-30(36)37-18-21-7-4-3-5-8-21/h3-16,27,33H,17-18H2,1-2H3,(H,32,36)(H,34,35)/t27-/m0/s1. The second-order valence-electron chi connectivity index (χ2n) is 9.16. The maximum absolute atomic E-state index is 12.8. The van der Waals surface area contributed by atoms with Crippen LogP contribution in [0.5, 0.6) is 0 Å². The van der Waals surface area contributed by atoms with Gasteiger partial charge in [-0.3, -0.25) is 15.1 Å². The van der Waals surface area contributed by atoms with Gasteiger partial charge in [0.2, 0.25) is 5.91 Å². The molecule has 1 aliphatic heterocycles. The fraction of sp³-hybridized carbons (Fsp3) is 0.167. The zero-order valence-corrected chi connectivity index (χ0v) is 20.7. The maximum Gasteiger partial charge on any atom is 0.411 e. The molecule has 1 aliphatic rings. The van der Waals surface area contributed by atoms with E-state index in [1.165, 1.54) is 0 Å². The number of aromatic nitrogens is 1. The number of anilines is 3. The highest BCUT2D eigenvalue weighted by Crippen LogP contribution is 2.35. The van der Waals surface area contributed by atoms with Crippen LogP contribution in [0.1, 0.15) is 35.0 Å². The van der Waals surface area contributed by atoms with E-state index in [-0.39, 0.29) is 25.0 Å². The average Bonchev–Trinajstić information content (AvgIpc) is 3.05. The minimum Gasteiger partial charge on any atom is -0.444 e. The van der Waals surface area contributed by atoms with Crippen molar-refractivity contribution in [2.75, 3.05) is 16.0 Å². The summed E-state index contributed by atoms with van der Waals surface area (Å²) < 4.78 is 5.30. The van der Waals surface area contributed by atoms with Crippen LogP contribution in [0.2, 0.25) is 0 Å². The molecule has 2 heterocycles. The Balaban J connectivity index is 1.31. The number of fused-ring (bicyclic) bond motifs is 1. The Bertz CT molecular complexity index is 1430. The number of pyridine rings is 1. The van der Waals surface area contributed by atoms with Crippen molar-refractivity contribution in [3.05, 3.63) is 107 Å². The van der Waals surface area contributed by atoms with Crippen molar-refractivity contribution in [1.82, 2.24) is 4.98 Å². The number of carbonyl (C=O) groups is 2. The Hall–Kier alpha value is -4.65. The molecule has 37 heavy (non-hydrogen) atoms. The molecular formula is C30H28N4O3. The molecule has 0 saturated carbocycles. The number of nitrogens with zero attached hydrogens (tertiary/aromatic N) is 1. The van der Waals surface area contributed by atoms with Gasteiger partial charge in [-0.2, -0.15) is 0 Å². The smallest absolute Gasteiger partial charge is 0.411 e. The van der Waals surface area contributed by atoms with Gasteiger partial charge in [0.1, 0.15) is 6.61 Å². The monoisotopic (exact) mass is 492 g/mol. The molecule has 0 unspecified atom stereocenters. The summed E-state index contributed by atoms with van der Waals surface area (Å²) in [5.74, 6) is -0.110. The normalized spacial score (nSPS) is 14.5. The molecule has 0 spiro atoms. The number of aryl methyl sites for hydroxylation is 2. The molecule has 7 nitrogen and oxygen atoms in total. The molecule has 3 N–H and O–H groups in total. The van der Waals surface area contributed by atoms with Gasteiger partial charge in [0.15, 0.2) is 0 Å². The van der Waals surface area contributed by atoms with E-state index in [9.17, 15) is 9.59 Å². The van der Waals surface area contributed by atoms with Crippen molar-refractivity contribution in [3.63, 3.8) is 0 Å². The minimum atomic E-state index is -0.562. The van der Waals surface area contributed by atoms with Crippen LogP contribution in [-0.2, 0) is 16.1 Å². The molecule has 0 fully saturated rings. The lowest BCUT2D eigenvalue weighted by Crippen LogP contribution is -2.15. The average molecular weight is 493 g/mol. The summed E-state index contributed by atoms with van der Waals surface area (Å²) in [5.41, 5.74) is 7.93. The Morgan fingerprint density at radius 2 is 1.70 bits per heavy atom. The van der Waals surface area contributed by atoms with E-state index in [1.54, 1.807) is 12.1 Å². The molecule has 2 amide bonds. The number of hydrogen-bond acceptors (Lipinski definition) is 5. The van der Waals surface area contributed by atoms with Crippen molar-refractivity contribution in [2.45, 2.75) is 32.9 Å². The molecule has 5 rings (SSSR count). The fourth-order valence-corrected chi connectivity index (χ4v) is 4.49. The molecule has 7 heteroatoms. The van der Waals surface area contributed by atoms with Crippen molar-refractivity contribution in [1.29, 1.82) is 0 Å². The highest BCUT2D eigenvalue weighted by Gasteiger charge is 2.23. The zero-order chi connectivity index (χ0) is 25.8. The van der Waals surface area contributed by atoms with Crippen LogP contribution in [0, 0.1) is 13.8 Å². The number of amides is 2. The number of benzene rings is 3. The number of rotatable bonds is 5. The topological polar surface area (TPSA) is 92.4 Å². The molecule has 0 saturated heterocycles. The molecule has 0 aliphatic carbocycles. The quantitative estimate of drug-likeness (QED) is 0.292. The van der Waals surface area contributed by atoms with E-state index >= 15 is 0 Å². The molecular weight excluding hydrogens is 464 g/mol. The predicted octanol–water partition coefficient (Wildman–Crippen LogP) is 6.61. The first kappa shape index (κ1) is 24.1. The number of ether oxygens (including phenoxy) is 1. The minimum absolute atomic E-state index is 0.110. The largest absolute Gasteiger partial charge is 0.444 e. The number of hydrogen-bond donors (Lipinski definition) is 3. The second kappa shape index (κ2) is 10.5. The Kier molecular flexibility index (Phi) is 6.85. The van der Waals surface area contributed by atoms with Gasteiger partial charge < -0.3 is 15.4 Å². The molecule has 1 aromatic heterocycles. The van der Waals surface area contributed by atoms with Crippen LogP contribution in [-0.4, -0.2) is 17.0 Å². The third-order valence-electron chi connectivity index (χ3n) is 6.18. The van der Waals surface area contributed by atoms with Crippen LogP contribution in [0.25, 0.3) is 11.1 Å². The third-order valence-corrected chi connectivity index (χ3v) is 6.18. The lowest BCUT2D eigenvalue weighted by Gasteiger charge is -2.19. The van der Waals surface area contributed by atoms with Gasteiger partial charge >= 0.3 is 6.09 Å². The Morgan fingerprint density at radius 3 is 2.49 bits per heavy atom. The lowest BCUT2D eigenvalue weighted by molar-refractivity contribution is -0.116. The van der Waals surface area contributed by atoms with E-state index in [0.29, 0.717) is 11.4 Å². The van der Waals surface area contributed by atoms with E-state index < -0.39 is 6.09 Å². The van der Waals surface area contributed by atoms with Crippen LogP contribution in [0.3, 0.4) is 0 Å². The van der Waals surface area contributed by atoms with E-state index in [4.69, 9.17) is 4.74 Å². The van der Waals surface area contributed by atoms with Gasteiger partial charge in [-0.05, 0) is 72.5 Å². The first-order valence-electron chi connectivity index (χ1n) is 12.2. The summed E-state index contributed by atoms with van der Waals surface area (Å²) in [6, 6.07) is 27.0. The Labute approximate surface area is 215 Å². The van der Waals surface area contributed by atoms with Crippen molar-refractivity contribution in [2.24, 2.45) is 0 Å². The van der Waals surface area contributed by atoms with Gasteiger partial charge in [0.25, 0.3) is 0 Å². The molecule has 186 valence electrons. The summed E-state index contributed by atoms with van der Waals surface area (Å²) in [7, 11) is 0. The highest BCUT2D eigenvalue weighted by atomic mass is 16.5. The second-order valence-corrected chi connectivity index (χ2v) is 9.16. The van der Waals surface area contributed by atoms with Crippen molar-refractivity contribution in [3.8, 4) is 11.1 Å². The molecule has 1 atom stereocenters. The molecule has 0 radical (unpaired) electrons. The Morgan fingerprint density at radius 1 is 0.919 bits per heavy atom. The highest BCUT2D eigenvalue weighted by molar-refractivity contribution is 5.98. The fourth-order valence-electron chi connectivity index (χ4n) is 4.49.